The predicted octanol–water partition coefficient (Wildman–Crippen LogP) is 1.89. The maximum Gasteiger partial charge on any atom is 0.243 e. The summed E-state index contributed by atoms with van der Waals surface area (Å²) in [5, 5.41) is 3.29. The second-order valence-corrected chi connectivity index (χ2v) is 7.51. The van der Waals surface area contributed by atoms with Gasteiger partial charge in [0.1, 0.15) is 12.4 Å². The van der Waals surface area contributed by atoms with Gasteiger partial charge in [0.25, 0.3) is 0 Å². The van der Waals surface area contributed by atoms with Crippen molar-refractivity contribution in [2.24, 2.45) is 0 Å². The van der Waals surface area contributed by atoms with E-state index >= 15 is 0 Å². The molecule has 1 aromatic carbocycles. The number of halogens is 1. The van der Waals surface area contributed by atoms with Crippen LogP contribution in [0.15, 0.2) is 29.2 Å². The monoisotopic (exact) mass is 378 g/mol. The highest BCUT2D eigenvalue weighted by atomic mass is 35.5. The van der Waals surface area contributed by atoms with Gasteiger partial charge in [-0.2, -0.15) is 4.31 Å². The molecule has 2 unspecified atom stereocenters. The molecule has 0 amide bonds. The molecule has 0 spiro atoms. The number of nitrogens with one attached hydrogen (secondary N) is 1. The van der Waals surface area contributed by atoms with E-state index in [0.29, 0.717) is 43.6 Å². The molecule has 1 aromatic rings. The lowest BCUT2D eigenvalue weighted by Gasteiger charge is -2.37. The van der Waals surface area contributed by atoms with E-state index in [-0.39, 0.29) is 24.5 Å². The van der Waals surface area contributed by atoms with Crippen molar-refractivity contribution in [2.75, 3.05) is 32.9 Å². The number of rotatable bonds is 7. The summed E-state index contributed by atoms with van der Waals surface area (Å²) >= 11 is 0. The van der Waals surface area contributed by atoms with Gasteiger partial charge in [-0.05, 0) is 45.0 Å². The quantitative estimate of drug-likeness (QED) is 0.734. The normalized spacial score (nSPS) is 22.0. The molecular weight excluding hydrogens is 352 g/mol. The molecule has 0 aromatic heterocycles. The fourth-order valence-electron chi connectivity index (χ4n) is 2.57. The molecule has 0 saturated carbocycles. The van der Waals surface area contributed by atoms with Crippen molar-refractivity contribution in [1.29, 1.82) is 0 Å². The van der Waals surface area contributed by atoms with E-state index in [9.17, 15) is 8.42 Å². The molecule has 8 heteroatoms. The van der Waals surface area contributed by atoms with Crippen LogP contribution in [0.1, 0.15) is 20.8 Å². The van der Waals surface area contributed by atoms with Crippen molar-refractivity contribution in [3.63, 3.8) is 0 Å². The molecule has 138 valence electrons. The third-order valence-corrected chi connectivity index (χ3v) is 6.11. The minimum absolute atomic E-state index is 0. The molecule has 1 aliphatic rings. The van der Waals surface area contributed by atoms with Crippen LogP contribution in [-0.2, 0) is 14.8 Å². The smallest absolute Gasteiger partial charge is 0.243 e. The first-order valence-electron chi connectivity index (χ1n) is 8.02. The largest absolute Gasteiger partial charge is 0.491 e. The van der Waals surface area contributed by atoms with Gasteiger partial charge in [-0.15, -0.1) is 12.4 Å². The van der Waals surface area contributed by atoms with Crippen LogP contribution >= 0.6 is 12.4 Å². The molecule has 0 bridgehead atoms. The lowest BCUT2D eigenvalue weighted by atomic mass is 10.1. The van der Waals surface area contributed by atoms with Gasteiger partial charge in [0.15, 0.2) is 0 Å². The van der Waals surface area contributed by atoms with Crippen molar-refractivity contribution in [2.45, 2.75) is 37.8 Å². The van der Waals surface area contributed by atoms with Crippen LogP contribution in [0.25, 0.3) is 0 Å². The highest BCUT2D eigenvalue weighted by molar-refractivity contribution is 7.89. The number of ether oxygens (including phenoxy) is 2. The third kappa shape index (κ3) is 5.07. The van der Waals surface area contributed by atoms with Crippen LogP contribution in [0, 0.1) is 0 Å². The Morgan fingerprint density at radius 3 is 2.50 bits per heavy atom. The van der Waals surface area contributed by atoms with Crippen LogP contribution in [0.2, 0.25) is 0 Å². The average Bonchev–Trinajstić information content (AvgIpc) is 2.54. The Labute approximate surface area is 151 Å². The van der Waals surface area contributed by atoms with Crippen LogP contribution in [0.3, 0.4) is 0 Å². The number of hydrogen-bond donors (Lipinski definition) is 1. The summed E-state index contributed by atoms with van der Waals surface area (Å²) in [5.74, 6) is 0.644. The minimum atomic E-state index is -3.48. The highest BCUT2D eigenvalue weighted by Crippen LogP contribution is 2.23. The van der Waals surface area contributed by atoms with Crippen LogP contribution in [0.5, 0.6) is 5.75 Å². The fraction of sp³-hybridized carbons (Fsp3) is 0.625. The van der Waals surface area contributed by atoms with Crippen molar-refractivity contribution in [3.8, 4) is 5.75 Å². The summed E-state index contributed by atoms with van der Waals surface area (Å²) in [4.78, 5) is 0.301. The second-order valence-electron chi connectivity index (χ2n) is 5.62. The Kier molecular flexibility index (Phi) is 8.45. The molecule has 0 aliphatic carbocycles. The number of nitrogens with zero attached hydrogens (tertiary/aromatic N) is 1. The zero-order valence-electron chi connectivity index (χ0n) is 14.4. The molecule has 1 heterocycles. The Hall–Kier alpha value is -0.860. The number of hydrogen-bond acceptors (Lipinski definition) is 5. The summed E-state index contributed by atoms with van der Waals surface area (Å²) in [6, 6.07) is 6.65. The van der Waals surface area contributed by atoms with Gasteiger partial charge < -0.3 is 14.8 Å². The standard InChI is InChI=1S/C16H26N2O4S.ClH/c1-4-21-11-12-22-15-5-7-16(8-6-15)23(19,20)18-10-9-17-13(2)14(18)3;/h5-8,13-14,17H,4,9-12H2,1-3H3;1H. The number of piperazine rings is 1. The second kappa shape index (κ2) is 9.58. The van der Waals surface area contributed by atoms with E-state index in [1.807, 2.05) is 20.8 Å². The van der Waals surface area contributed by atoms with Crippen molar-refractivity contribution in [3.05, 3.63) is 24.3 Å². The lowest BCUT2D eigenvalue weighted by Crippen LogP contribution is -2.57. The third-order valence-electron chi connectivity index (χ3n) is 4.11. The molecule has 1 aliphatic heterocycles. The summed E-state index contributed by atoms with van der Waals surface area (Å²) < 4.78 is 37.9. The molecule has 0 radical (unpaired) electrons. The first kappa shape index (κ1) is 21.2. The first-order valence-corrected chi connectivity index (χ1v) is 9.46. The maximum atomic E-state index is 12.8. The zero-order valence-corrected chi connectivity index (χ0v) is 16.0. The molecule has 6 nitrogen and oxygen atoms in total. The Morgan fingerprint density at radius 2 is 1.88 bits per heavy atom. The van der Waals surface area contributed by atoms with E-state index in [1.54, 1.807) is 28.6 Å². The average molecular weight is 379 g/mol. The van der Waals surface area contributed by atoms with Crippen molar-refractivity contribution >= 4 is 22.4 Å². The summed E-state index contributed by atoms with van der Waals surface area (Å²) in [7, 11) is -3.48. The number of sulfonamides is 1. The molecule has 1 fully saturated rings. The molecule has 1 saturated heterocycles. The van der Waals surface area contributed by atoms with Crippen molar-refractivity contribution < 1.29 is 17.9 Å². The Bertz CT molecular complexity index is 595. The number of benzene rings is 1. The van der Waals surface area contributed by atoms with Crippen LogP contribution in [0.4, 0.5) is 0 Å². The maximum absolute atomic E-state index is 12.8. The van der Waals surface area contributed by atoms with E-state index in [0.717, 1.165) is 0 Å². The predicted molar refractivity (Wildman–Crippen MR) is 96.5 cm³/mol. The summed E-state index contributed by atoms with van der Waals surface area (Å²) in [5.41, 5.74) is 0. The topological polar surface area (TPSA) is 67.9 Å². The summed E-state index contributed by atoms with van der Waals surface area (Å²) in [6.07, 6.45) is 0. The molecule has 1 N–H and O–H groups in total. The van der Waals surface area contributed by atoms with Gasteiger partial charge in [0.2, 0.25) is 10.0 Å². The van der Waals surface area contributed by atoms with E-state index in [1.165, 1.54) is 0 Å². The Balaban J connectivity index is 0.00000288. The summed E-state index contributed by atoms with van der Waals surface area (Å²) in [6.45, 7) is 8.64. The van der Waals surface area contributed by atoms with Crippen molar-refractivity contribution in [1.82, 2.24) is 9.62 Å². The molecule has 2 atom stereocenters. The molecular formula is C16H27ClN2O4S. The lowest BCUT2D eigenvalue weighted by molar-refractivity contribution is 0.110. The van der Waals surface area contributed by atoms with Gasteiger partial charge in [-0.3, -0.25) is 0 Å². The van der Waals surface area contributed by atoms with Gasteiger partial charge >= 0.3 is 0 Å². The van der Waals surface area contributed by atoms with Crippen LogP contribution < -0.4 is 10.1 Å². The minimum Gasteiger partial charge on any atom is -0.491 e. The van der Waals surface area contributed by atoms with Crippen LogP contribution in [-0.4, -0.2) is 57.7 Å². The highest BCUT2D eigenvalue weighted by Gasteiger charge is 2.34. The zero-order chi connectivity index (χ0) is 16.9. The van der Waals surface area contributed by atoms with E-state index < -0.39 is 10.0 Å². The fourth-order valence-corrected chi connectivity index (χ4v) is 4.27. The first-order chi connectivity index (χ1) is 11.0. The van der Waals surface area contributed by atoms with Gasteiger partial charge in [-0.25, -0.2) is 8.42 Å². The van der Waals surface area contributed by atoms with Gasteiger partial charge in [0, 0.05) is 31.8 Å². The van der Waals surface area contributed by atoms with Gasteiger partial charge in [-0.1, -0.05) is 0 Å². The SMILES string of the molecule is CCOCCOc1ccc(S(=O)(=O)N2CCNC(C)C2C)cc1.Cl. The molecule has 2 rings (SSSR count). The molecule has 24 heavy (non-hydrogen) atoms. The van der Waals surface area contributed by atoms with E-state index in [2.05, 4.69) is 5.32 Å². The van der Waals surface area contributed by atoms with E-state index in [4.69, 9.17) is 9.47 Å². The van der Waals surface area contributed by atoms with Gasteiger partial charge in [0.05, 0.1) is 11.5 Å². The Morgan fingerprint density at radius 1 is 1.21 bits per heavy atom.